The van der Waals surface area contributed by atoms with E-state index in [-0.39, 0.29) is 18.3 Å². The minimum absolute atomic E-state index is 0.123. The van der Waals surface area contributed by atoms with Gasteiger partial charge in [-0.3, -0.25) is 0 Å². The number of carbonyl (C=O) groups excluding carboxylic acids is 1. The van der Waals surface area contributed by atoms with Crippen LogP contribution in [-0.2, 0) is 11.3 Å². The molecule has 0 radical (unpaired) electrons. The molecule has 110 valence electrons. The third-order valence-electron chi connectivity index (χ3n) is 2.91. The smallest absolute Gasteiger partial charge is 0.338 e. The Hall–Kier alpha value is -3.02. The van der Waals surface area contributed by atoms with E-state index in [1.165, 1.54) is 12.1 Å². The van der Waals surface area contributed by atoms with Crippen LogP contribution in [0.1, 0.15) is 16.2 Å². The Bertz CT molecular complexity index is 770. The zero-order valence-electron chi connectivity index (χ0n) is 11.4. The molecule has 0 aliphatic carbocycles. The number of benzene rings is 2. The van der Waals surface area contributed by atoms with Crippen LogP contribution in [0.5, 0.6) is 0 Å². The van der Waals surface area contributed by atoms with Crippen molar-refractivity contribution >= 4 is 5.97 Å². The van der Waals surface area contributed by atoms with Crippen LogP contribution in [0, 0.1) is 5.82 Å². The van der Waals surface area contributed by atoms with Gasteiger partial charge in [-0.15, -0.1) is 0 Å². The van der Waals surface area contributed by atoms with Crippen molar-refractivity contribution in [3.63, 3.8) is 0 Å². The summed E-state index contributed by atoms with van der Waals surface area (Å²) in [6, 6.07) is 14.3. The van der Waals surface area contributed by atoms with Crippen molar-refractivity contribution in [3.8, 4) is 11.4 Å². The lowest BCUT2D eigenvalue weighted by molar-refractivity contribution is 0.0430. The van der Waals surface area contributed by atoms with Crippen LogP contribution in [0.3, 0.4) is 0 Å². The number of hydrogen-bond donors (Lipinski definition) is 0. The van der Waals surface area contributed by atoms with Gasteiger partial charge in [-0.2, -0.15) is 4.98 Å². The molecule has 5 nitrogen and oxygen atoms in total. The average Bonchev–Trinajstić information content (AvgIpc) is 3.03. The highest BCUT2D eigenvalue weighted by atomic mass is 19.1. The first kappa shape index (κ1) is 13.9. The highest BCUT2D eigenvalue weighted by Gasteiger charge is 2.12. The fourth-order valence-corrected chi connectivity index (χ4v) is 1.81. The number of carbonyl (C=O) groups is 1. The van der Waals surface area contributed by atoms with Gasteiger partial charge in [0.15, 0.2) is 6.61 Å². The summed E-state index contributed by atoms with van der Waals surface area (Å²) in [4.78, 5) is 15.9. The van der Waals surface area contributed by atoms with Gasteiger partial charge in [0, 0.05) is 5.56 Å². The molecule has 0 aliphatic heterocycles. The van der Waals surface area contributed by atoms with E-state index in [0.29, 0.717) is 17.0 Å². The number of halogens is 1. The van der Waals surface area contributed by atoms with E-state index < -0.39 is 5.97 Å². The van der Waals surface area contributed by atoms with Crippen LogP contribution in [0.25, 0.3) is 11.4 Å². The van der Waals surface area contributed by atoms with Gasteiger partial charge in [0.25, 0.3) is 5.89 Å². The largest absolute Gasteiger partial charge is 0.452 e. The summed E-state index contributed by atoms with van der Waals surface area (Å²) >= 11 is 0. The van der Waals surface area contributed by atoms with Gasteiger partial charge in [-0.1, -0.05) is 23.4 Å². The number of esters is 1. The molecule has 0 bridgehead atoms. The van der Waals surface area contributed by atoms with Crippen molar-refractivity contribution in [3.05, 3.63) is 71.9 Å². The molecule has 3 aromatic rings. The van der Waals surface area contributed by atoms with E-state index in [0.717, 1.165) is 0 Å². The second kappa shape index (κ2) is 6.17. The van der Waals surface area contributed by atoms with E-state index in [2.05, 4.69) is 10.1 Å². The zero-order chi connectivity index (χ0) is 15.4. The molecule has 0 N–H and O–H groups in total. The van der Waals surface area contributed by atoms with Crippen LogP contribution < -0.4 is 0 Å². The average molecular weight is 298 g/mol. The Labute approximate surface area is 125 Å². The Balaban J connectivity index is 1.65. The molecule has 3 rings (SSSR count). The van der Waals surface area contributed by atoms with Gasteiger partial charge in [-0.25, -0.2) is 9.18 Å². The molecule has 0 spiro atoms. The van der Waals surface area contributed by atoms with Gasteiger partial charge in [0.2, 0.25) is 5.82 Å². The van der Waals surface area contributed by atoms with Gasteiger partial charge in [0.1, 0.15) is 5.82 Å². The lowest BCUT2D eigenvalue weighted by atomic mass is 10.2. The van der Waals surface area contributed by atoms with Crippen molar-refractivity contribution in [1.29, 1.82) is 0 Å². The van der Waals surface area contributed by atoms with Crippen LogP contribution in [0.4, 0.5) is 4.39 Å². The molecular formula is C16H11FN2O3. The second-order valence-corrected chi connectivity index (χ2v) is 4.46. The van der Waals surface area contributed by atoms with E-state index >= 15 is 0 Å². The van der Waals surface area contributed by atoms with Gasteiger partial charge < -0.3 is 9.26 Å². The molecule has 0 atom stereocenters. The summed E-state index contributed by atoms with van der Waals surface area (Å²) in [6.45, 7) is -0.123. The summed E-state index contributed by atoms with van der Waals surface area (Å²) in [5.41, 5.74) is 1.06. The maximum absolute atomic E-state index is 12.9. The third kappa shape index (κ3) is 3.17. The van der Waals surface area contributed by atoms with E-state index in [1.54, 1.807) is 36.4 Å². The molecule has 0 saturated heterocycles. The minimum Gasteiger partial charge on any atom is -0.452 e. The summed E-state index contributed by atoms with van der Waals surface area (Å²) in [6.07, 6.45) is 0. The molecule has 22 heavy (non-hydrogen) atoms. The van der Waals surface area contributed by atoms with Crippen molar-refractivity contribution in [2.24, 2.45) is 0 Å². The van der Waals surface area contributed by atoms with Gasteiger partial charge in [0.05, 0.1) is 5.56 Å². The zero-order valence-corrected chi connectivity index (χ0v) is 11.4. The molecule has 0 fully saturated rings. The number of nitrogens with zero attached hydrogens (tertiary/aromatic N) is 2. The first-order valence-electron chi connectivity index (χ1n) is 6.53. The molecule has 2 aromatic carbocycles. The lowest BCUT2D eigenvalue weighted by Crippen LogP contribution is -2.05. The van der Waals surface area contributed by atoms with Gasteiger partial charge in [-0.05, 0) is 36.4 Å². The molecule has 0 aliphatic rings. The fourth-order valence-electron chi connectivity index (χ4n) is 1.81. The van der Waals surface area contributed by atoms with E-state index in [1.807, 2.05) is 6.07 Å². The quantitative estimate of drug-likeness (QED) is 0.692. The standard InChI is InChI=1S/C16H11FN2O3/c17-13-8-6-11(7-9-13)15-18-14(22-19-15)10-21-16(20)12-4-2-1-3-5-12/h1-9H,10H2. The number of ether oxygens (including phenoxy) is 1. The summed E-state index contributed by atoms with van der Waals surface area (Å²) in [7, 11) is 0. The summed E-state index contributed by atoms with van der Waals surface area (Å²) < 4.78 is 22.9. The van der Waals surface area contributed by atoms with Gasteiger partial charge >= 0.3 is 5.97 Å². The van der Waals surface area contributed by atoms with Crippen LogP contribution >= 0.6 is 0 Å². The molecule has 1 aromatic heterocycles. The predicted octanol–water partition coefficient (Wildman–Crippen LogP) is 3.23. The normalized spacial score (nSPS) is 10.4. The monoisotopic (exact) mass is 298 g/mol. The van der Waals surface area contributed by atoms with Crippen LogP contribution in [0.2, 0.25) is 0 Å². The molecular weight excluding hydrogens is 287 g/mol. The molecule has 0 unspecified atom stereocenters. The van der Waals surface area contributed by atoms with Crippen molar-refractivity contribution in [1.82, 2.24) is 10.1 Å². The highest BCUT2D eigenvalue weighted by molar-refractivity contribution is 5.89. The topological polar surface area (TPSA) is 65.2 Å². The lowest BCUT2D eigenvalue weighted by Gasteiger charge is -2.00. The highest BCUT2D eigenvalue weighted by Crippen LogP contribution is 2.16. The first-order valence-corrected chi connectivity index (χ1v) is 6.53. The van der Waals surface area contributed by atoms with Crippen LogP contribution in [0.15, 0.2) is 59.1 Å². The van der Waals surface area contributed by atoms with E-state index in [4.69, 9.17) is 9.26 Å². The van der Waals surface area contributed by atoms with Crippen molar-refractivity contribution in [2.45, 2.75) is 6.61 Å². The van der Waals surface area contributed by atoms with Crippen molar-refractivity contribution < 1.29 is 18.4 Å². The third-order valence-corrected chi connectivity index (χ3v) is 2.91. The first-order chi connectivity index (χ1) is 10.7. The Kier molecular flexibility index (Phi) is 3.91. The van der Waals surface area contributed by atoms with E-state index in [9.17, 15) is 9.18 Å². The number of aromatic nitrogens is 2. The maximum atomic E-state index is 12.9. The second-order valence-electron chi connectivity index (χ2n) is 4.46. The fraction of sp³-hybridized carbons (Fsp3) is 0.0625. The molecule has 0 amide bonds. The summed E-state index contributed by atoms with van der Waals surface area (Å²) in [5, 5.41) is 3.77. The molecule has 1 heterocycles. The Morgan fingerprint density at radius 1 is 1.09 bits per heavy atom. The molecule has 6 heteroatoms. The Morgan fingerprint density at radius 2 is 1.82 bits per heavy atom. The van der Waals surface area contributed by atoms with Crippen molar-refractivity contribution in [2.75, 3.05) is 0 Å². The predicted molar refractivity (Wildman–Crippen MR) is 75.3 cm³/mol. The maximum Gasteiger partial charge on any atom is 0.338 e. The molecule has 0 saturated carbocycles. The minimum atomic E-state index is -0.470. The SMILES string of the molecule is O=C(OCc1nc(-c2ccc(F)cc2)no1)c1ccccc1. The van der Waals surface area contributed by atoms with Crippen LogP contribution in [-0.4, -0.2) is 16.1 Å². The summed E-state index contributed by atoms with van der Waals surface area (Å²) in [5.74, 6) is -0.333. The Morgan fingerprint density at radius 3 is 2.55 bits per heavy atom. The number of hydrogen-bond acceptors (Lipinski definition) is 5. The number of rotatable bonds is 4.